The summed E-state index contributed by atoms with van der Waals surface area (Å²) in [6.45, 7) is 2.40. The van der Waals surface area contributed by atoms with Crippen molar-refractivity contribution in [1.82, 2.24) is 0 Å². The summed E-state index contributed by atoms with van der Waals surface area (Å²) < 4.78 is 0. The normalized spacial score (nSPS) is 29.5. The Bertz CT molecular complexity index is 620. The molecule has 0 atom stereocenters. The topological polar surface area (TPSA) is 0 Å². The minimum atomic E-state index is 0.622. The number of hydrogen-bond acceptors (Lipinski definition) is 1. The first-order chi connectivity index (χ1) is 12.7. The van der Waals surface area contributed by atoms with E-state index in [2.05, 4.69) is 68.1 Å². The summed E-state index contributed by atoms with van der Waals surface area (Å²) in [5.74, 6) is 2.44. The molecule has 0 heterocycles. The van der Waals surface area contributed by atoms with E-state index in [0.29, 0.717) is 5.25 Å². The SMILES string of the molecule is CC1CCC(c2ccc(-c3ccc(C4CCC(S)CC4)cc3)cc2)CC1. The van der Waals surface area contributed by atoms with Crippen LogP contribution in [0, 0.1) is 5.92 Å². The molecule has 0 saturated heterocycles. The lowest BCUT2D eigenvalue weighted by molar-refractivity contribution is 0.348. The van der Waals surface area contributed by atoms with Crippen molar-refractivity contribution in [2.45, 2.75) is 75.4 Å². The molecule has 2 aromatic carbocycles. The van der Waals surface area contributed by atoms with Crippen LogP contribution in [0.3, 0.4) is 0 Å². The summed E-state index contributed by atoms with van der Waals surface area (Å²) in [6.07, 6.45) is 10.6. The van der Waals surface area contributed by atoms with Gasteiger partial charge >= 0.3 is 0 Å². The molecule has 0 unspecified atom stereocenters. The summed E-state index contributed by atoms with van der Waals surface area (Å²) >= 11 is 4.63. The monoisotopic (exact) mass is 364 g/mol. The van der Waals surface area contributed by atoms with Crippen molar-refractivity contribution >= 4 is 12.6 Å². The maximum absolute atomic E-state index is 4.63. The minimum absolute atomic E-state index is 0.622. The number of hydrogen-bond donors (Lipinski definition) is 1. The Balaban J connectivity index is 1.42. The van der Waals surface area contributed by atoms with Crippen molar-refractivity contribution in [3.05, 3.63) is 59.7 Å². The molecule has 26 heavy (non-hydrogen) atoms. The van der Waals surface area contributed by atoms with Gasteiger partial charge < -0.3 is 0 Å². The molecule has 0 N–H and O–H groups in total. The van der Waals surface area contributed by atoms with Crippen LogP contribution in [0.1, 0.15) is 81.3 Å². The van der Waals surface area contributed by atoms with Gasteiger partial charge in [-0.1, -0.05) is 68.3 Å². The highest BCUT2D eigenvalue weighted by Crippen LogP contribution is 2.37. The van der Waals surface area contributed by atoms with Crippen molar-refractivity contribution < 1.29 is 0 Å². The molecule has 1 heteroatoms. The zero-order chi connectivity index (χ0) is 17.9. The third-order valence-corrected chi connectivity index (χ3v) is 7.33. The van der Waals surface area contributed by atoms with Gasteiger partial charge in [-0.2, -0.15) is 12.6 Å². The van der Waals surface area contributed by atoms with Gasteiger partial charge in [0.2, 0.25) is 0 Å². The van der Waals surface area contributed by atoms with E-state index in [1.807, 2.05) is 0 Å². The number of rotatable bonds is 3. The van der Waals surface area contributed by atoms with E-state index in [9.17, 15) is 0 Å². The predicted molar refractivity (Wildman–Crippen MR) is 116 cm³/mol. The van der Waals surface area contributed by atoms with E-state index in [-0.39, 0.29) is 0 Å². The van der Waals surface area contributed by atoms with Crippen molar-refractivity contribution in [3.8, 4) is 11.1 Å². The first kappa shape index (κ1) is 18.2. The van der Waals surface area contributed by atoms with Gasteiger partial charge in [-0.15, -0.1) is 0 Å². The Labute approximate surface area is 164 Å². The smallest absolute Gasteiger partial charge is 0.00172 e. The van der Waals surface area contributed by atoms with Crippen LogP contribution in [0.25, 0.3) is 11.1 Å². The van der Waals surface area contributed by atoms with Gasteiger partial charge in [0.05, 0.1) is 0 Å². The number of benzene rings is 2. The van der Waals surface area contributed by atoms with E-state index >= 15 is 0 Å². The van der Waals surface area contributed by atoms with E-state index < -0.39 is 0 Å². The molecule has 2 aliphatic rings. The minimum Gasteiger partial charge on any atom is -0.176 e. The lowest BCUT2D eigenvalue weighted by atomic mass is 9.79. The quantitative estimate of drug-likeness (QED) is 0.532. The van der Waals surface area contributed by atoms with Crippen molar-refractivity contribution in [2.75, 3.05) is 0 Å². The molecule has 2 saturated carbocycles. The van der Waals surface area contributed by atoms with E-state index in [0.717, 1.165) is 17.8 Å². The molecular formula is C25H32S. The molecule has 2 aromatic rings. The fourth-order valence-corrected chi connectivity index (χ4v) is 5.20. The third kappa shape index (κ3) is 4.19. The lowest BCUT2D eigenvalue weighted by Crippen LogP contribution is -2.12. The highest BCUT2D eigenvalue weighted by atomic mass is 32.1. The average molecular weight is 365 g/mol. The predicted octanol–water partition coefficient (Wildman–Crippen LogP) is 7.60. The van der Waals surface area contributed by atoms with Crippen LogP contribution in [-0.4, -0.2) is 5.25 Å². The standard InChI is InChI=1S/C25H32S/c1-18-2-4-19(5-3-18)20-6-8-21(9-7-20)22-10-12-23(13-11-22)24-14-16-25(26)17-15-24/h6-13,18-19,24-26H,2-5,14-17H2,1H3. The Hall–Kier alpha value is -1.21. The molecule has 0 nitrogen and oxygen atoms in total. The van der Waals surface area contributed by atoms with Gasteiger partial charge in [0.1, 0.15) is 0 Å². The third-order valence-electron chi connectivity index (χ3n) is 6.81. The molecule has 4 rings (SSSR count). The molecular weight excluding hydrogens is 332 g/mol. The molecule has 0 radical (unpaired) electrons. The van der Waals surface area contributed by atoms with E-state index in [1.165, 1.54) is 68.1 Å². The Morgan fingerprint density at radius 3 is 1.38 bits per heavy atom. The van der Waals surface area contributed by atoms with Gasteiger partial charge in [0.25, 0.3) is 0 Å². The second-order valence-corrected chi connectivity index (χ2v) is 9.44. The summed E-state index contributed by atoms with van der Waals surface area (Å²) in [6, 6.07) is 18.8. The zero-order valence-electron chi connectivity index (χ0n) is 16.0. The molecule has 0 spiro atoms. The Morgan fingerprint density at radius 2 is 0.962 bits per heavy atom. The maximum atomic E-state index is 4.63. The van der Waals surface area contributed by atoms with Crippen LogP contribution in [0.5, 0.6) is 0 Å². The van der Waals surface area contributed by atoms with Crippen LogP contribution in [0.4, 0.5) is 0 Å². The second-order valence-electron chi connectivity index (χ2n) is 8.71. The van der Waals surface area contributed by atoms with Gasteiger partial charge in [0.15, 0.2) is 0 Å². The van der Waals surface area contributed by atoms with Gasteiger partial charge in [0, 0.05) is 5.25 Å². The Morgan fingerprint density at radius 1 is 0.577 bits per heavy atom. The molecule has 138 valence electrons. The van der Waals surface area contributed by atoms with Gasteiger partial charge in [-0.3, -0.25) is 0 Å². The van der Waals surface area contributed by atoms with Crippen molar-refractivity contribution in [2.24, 2.45) is 5.92 Å². The molecule has 0 aliphatic heterocycles. The lowest BCUT2D eigenvalue weighted by Gasteiger charge is -2.26. The van der Waals surface area contributed by atoms with Crippen LogP contribution in [0.2, 0.25) is 0 Å². The highest BCUT2D eigenvalue weighted by Gasteiger charge is 2.21. The fraction of sp³-hybridized carbons (Fsp3) is 0.520. The summed E-state index contributed by atoms with van der Waals surface area (Å²) in [4.78, 5) is 0. The molecule has 2 fully saturated rings. The maximum Gasteiger partial charge on any atom is 0.00172 e. The number of thiol groups is 1. The average Bonchev–Trinajstić information content (AvgIpc) is 2.70. The van der Waals surface area contributed by atoms with Crippen LogP contribution in [0.15, 0.2) is 48.5 Å². The zero-order valence-corrected chi connectivity index (χ0v) is 16.9. The summed E-state index contributed by atoms with van der Waals surface area (Å²) in [5.41, 5.74) is 5.76. The van der Waals surface area contributed by atoms with Crippen LogP contribution in [-0.2, 0) is 0 Å². The first-order valence-electron chi connectivity index (χ1n) is 10.6. The highest BCUT2D eigenvalue weighted by molar-refractivity contribution is 7.80. The van der Waals surface area contributed by atoms with Gasteiger partial charge in [-0.05, 0) is 78.5 Å². The largest absolute Gasteiger partial charge is 0.176 e. The summed E-state index contributed by atoms with van der Waals surface area (Å²) in [7, 11) is 0. The fourth-order valence-electron chi connectivity index (χ4n) is 4.90. The van der Waals surface area contributed by atoms with Crippen LogP contribution < -0.4 is 0 Å². The van der Waals surface area contributed by atoms with Crippen LogP contribution >= 0.6 is 12.6 Å². The molecule has 2 aliphatic carbocycles. The molecule has 0 aromatic heterocycles. The van der Waals surface area contributed by atoms with Gasteiger partial charge in [-0.25, -0.2) is 0 Å². The molecule has 0 bridgehead atoms. The Kier molecular flexibility index (Phi) is 5.74. The molecule has 0 amide bonds. The second kappa shape index (κ2) is 8.21. The van der Waals surface area contributed by atoms with E-state index in [4.69, 9.17) is 0 Å². The first-order valence-corrected chi connectivity index (χ1v) is 11.1. The van der Waals surface area contributed by atoms with Crippen molar-refractivity contribution in [1.29, 1.82) is 0 Å². The van der Waals surface area contributed by atoms with Crippen molar-refractivity contribution in [3.63, 3.8) is 0 Å². The summed E-state index contributed by atoms with van der Waals surface area (Å²) in [5, 5.41) is 0.622. The van der Waals surface area contributed by atoms with E-state index in [1.54, 1.807) is 5.56 Å².